The maximum atomic E-state index is 13.8. The number of aryl methyl sites for hydroxylation is 1. The van der Waals surface area contributed by atoms with E-state index in [0.717, 1.165) is 35.5 Å². The number of benzene rings is 2. The minimum Gasteiger partial charge on any atom is -0.464 e. The fraction of sp³-hybridized carbons (Fsp3) is 0.400. The largest absolute Gasteiger partial charge is 0.464 e. The van der Waals surface area contributed by atoms with Crippen molar-refractivity contribution in [3.8, 4) is 0 Å². The molecule has 190 valence electrons. The second-order valence-corrected chi connectivity index (χ2v) is 9.47. The van der Waals surface area contributed by atoms with E-state index >= 15 is 0 Å². The van der Waals surface area contributed by atoms with E-state index in [1.54, 1.807) is 9.80 Å². The highest BCUT2D eigenvalue weighted by Crippen LogP contribution is 2.24. The molecule has 6 nitrogen and oxygen atoms in total. The van der Waals surface area contributed by atoms with Crippen molar-refractivity contribution >= 4 is 11.8 Å². The van der Waals surface area contributed by atoms with E-state index in [1.165, 1.54) is 0 Å². The standard InChI is InChI=1S/C30H36N2O4/c1-3-28(25-13-8-5-9-14-25)30(34)32(20-26-15-10-18-35-26)22-29(33)31(19-24-11-6-4-7-12-24)21-27-17-16-23(2)36-27/h4-9,11-14,16-17,26,28H,3,10,15,18-22H2,1-2H3. The zero-order chi connectivity index (χ0) is 25.3. The number of carbonyl (C=O) groups is 2. The maximum absolute atomic E-state index is 13.8. The van der Waals surface area contributed by atoms with Crippen LogP contribution < -0.4 is 0 Å². The van der Waals surface area contributed by atoms with Crippen molar-refractivity contribution < 1.29 is 18.7 Å². The monoisotopic (exact) mass is 488 g/mol. The van der Waals surface area contributed by atoms with Crippen molar-refractivity contribution in [2.45, 2.75) is 58.2 Å². The molecule has 36 heavy (non-hydrogen) atoms. The molecule has 0 aliphatic carbocycles. The summed E-state index contributed by atoms with van der Waals surface area (Å²) in [5, 5.41) is 0. The van der Waals surface area contributed by atoms with Crippen LogP contribution in [0, 0.1) is 6.92 Å². The van der Waals surface area contributed by atoms with Gasteiger partial charge in [-0.1, -0.05) is 67.6 Å². The highest BCUT2D eigenvalue weighted by molar-refractivity contribution is 5.88. The Morgan fingerprint density at radius 2 is 1.67 bits per heavy atom. The number of rotatable bonds is 11. The van der Waals surface area contributed by atoms with Gasteiger partial charge in [-0.05, 0) is 49.4 Å². The third kappa shape index (κ3) is 6.85. The quantitative estimate of drug-likeness (QED) is 0.367. The average molecular weight is 489 g/mol. The molecule has 2 heterocycles. The highest BCUT2D eigenvalue weighted by Gasteiger charge is 2.31. The zero-order valence-corrected chi connectivity index (χ0v) is 21.3. The van der Waals surface area contributed by atoms with Gasteiger partial charge < -0.3 is 19.0 Å². The predicted octanol–water partition coefficient (Wildman–Crippen LogP) is 5.32. The fourth-order valence-corrected chi connectivity index (χ4v) is 4.78. The Labute approximate surface area is 213 Å². The Bertz CT molecular complexity index is 1110. The van der Waals surface area contributed by atoms with Crippen LogP contribution in [0.25, 0.3) is 0 Å². The molecule has 3 aromatic rings. The molecule has 1 saturated heterocycles. The van der Waals surface area contributed by atoms with Gasteiger partial charge in [0.15, 0.2) is 0 Å². The van der Waals surface area contributed by atoms with E-state index in [0.29, 0.717) is 32.7 Å². The van der Waals surface area contributed by atoms with Crippen LogP contribution >= 0.6 is 0 Å². The third-order valence-corrected chi connectivity index (χ3v) is 6.71. The first-order valence-corrected chi connectivity index (χ1v) is 12.9. The summed E-state index contributed by atoms with van der Waals surface area (Å²) >= 11 is 0. The fourth-order valence-electron chi connectivity index (χ4n) is 4.78. The zero-order valence-electron chi connectivity index (χ0n) is 21.3. The van der Waals surface area contributed by atoms with Crippen LogP contribution in [-0.2, 0) is 27.4 Å². The van der Waals surface area contributed by atoms with Gasteiger partial charge in [-0.3, -0.25) is 9.59 Å². The van der Waals surface area contributed by atoms with Gasteiger partial charge >= 0.3 is 0 Å². The molecule has 1 aromatic heterocycles. The molecule has 2 amide bonds. The van der Waals surface area contributed by atoms with Gasteiger partial charge in [0, 0.05) is 19.7 Å². The van der Waals surface area contributed by atoms with E-state index in [1.807, 2.05) is 86.6 Å². The minimum absolute atomic E-state index is 0.00848. The first-order valence-electron chi connectivity index (χ1n) is 12.9. The van der Waals surface area contributed by atoms with Crippen molar-refractivity contribution in [2.24, 2.45) is 0 Å². The second kappa shape index (κ2) is 12.5. The number of ether oxygens (including phenoxy) is 1. The summed E-state index contributed by atoms with van der Waals surface area (Å²) in [4.78, 5) is 31.1. The minimum atomic E-state index is -0.296. The molecule has 1 aliphatic heterocycles. The van der Waals surface area contributed by atoms with E-state index in [4.69, 9.17) is 9.15 Å². The van der Waals surface area contributed by atoms with Crippen molar-refractivity contribution in [1.29, 1.82) is 0 Å². The van der Waals surface area contributed by atoms with E-state index in [2.05, 4.69) is 0 Å². The van der Waals surface area contributed by atoms with Crippen LogP contribution in [-0.4, -0.2) is 47.4 Å². The van der Waals surface area contributed by atoms with E-state index in [9.17, 15) is 9.59 Å². The molecular formula is C30H36N2O4. The molecule has 0 N–H and O–H groups in total. The second-order valence-electron chi connectivity index (χ2n) is 9.47. The van der Waals surface area contributed by atoms with Gasteiger partial charge in [0.2, 0.25) is 11.8 Å². The van der Waals surface area contributed by atoms with Gasteiger partial charge in [0.05, 0.1) is 25.1 Å². The molecule has 2 atom stereocenters. The predicted molar refractivity (Wildman–Crippen MR) is 139 cm³/mol. The van der Waals surface area contributed by atoms with Crippen molar-refractivity contribution in [3.63, 3.8) is 0 Å². The Kier molecular flexibility index (Phi) is 8.95. The lowest BCUT2D eigenvalue weighted by molar-refractivity contribution is -0.143. The molecule has 0 bridgehead atoms. The molecule has 0 radical (unpaired) electrons. The van der Waals surface area contributed by atoms with Gasteiger partial charge in [-0.25, -0.2) is 0 Å². The first kappa shape index (κ1) is 25.7. The highest BCUT2D eigenvalue weighted by atomic mass is 16.5. The molecule has 0 spiro atoms. The van der Waals surface area contributed by atoms with Crippen LogP contribution in [0.15, 0.2) is 77.2 Å². The van der Waals surface area contributed by atoms with Crippen LogP contribution in [0.5, 0.6) is 0 Å². The summed E-state index contributed by atoms with van der Waals surface area (Å²) < 4.78 is 11.6. The Balaban J connectivity index is 1.56. The Morgan fingerprint density at radius 3 is 2.28 bits per heavy atom. The SMILES string of the molecule is CCC(C(=O)N(CC(=O)N(Cc1ccccc1)Cc1ccc(C)o1)CC1CCCO1)c1ccccc1. The smallest absolute Gasteiger partial charge is 0.242 e. The molecule has 1 aliphatic rings. The van der Waals surface area contributed by atoms with Gasteiger partial charge in [0.25, 0.3) is 0 Å². The first-order chi connectivity index (χ1) is 17.5. The van der Waals surface area contributed by atoms with Gasteiger partial charge in [0.1, 0.15) is 11.5 Å². The number of hydrogen-bond acceptors (Lipinski definition) is 4. The van der Waals surface area contributed by atoms with Crippen LogP contribution in [0.3, 0.4) is 0 Å². The molecule has 2 unspecified atom stereocenters. The summed E-state index contributed by atoms with van der Waals surface area (Å²) in [5.41, 5.74) is 2.00. The van der Waals surface area contributed by atoms with Crippen LogP contribution in [0.1, 0.15) is 54.8 Å². The maximum Gasteiger partial charge on any atom is 0.242 e. The number of carbonyl (C=O) groups excluding carboxylic acids is 2. The van der Waals surface area contributed by atoms with Gasteiger partial charge in [-0.15, -0.1) is 0 Å². The third-order valence-electron chi connectivity index (χ3n) is 6.71. The van der Waals surface area contributed by atoms with E-state index < -0.39 is 0 Å². The molecule has 1 fully saturated rings. The normalized spacial score (nSPS) is 16.0. The lowest BCUT2D eigenvalue weighted by Crippen LogP contribution is -2.46. The number of hydrogen-bond donors (Lipinski definition) is 0. The summed E-state index contributed by atoms with van der Waals surface area (Å²) in [6.45, 7) is 5.83. The lowest BCUT2D eigenvalue weighted by atomic mass is 9.94. The van der Waals surface area contributed by atoms with Crippen molar-refractivity contribution in [3.05, 3.63) is 95.4 Å². The van der Waals surface area contributed by atoms with Crippen LogP contribution in [0.2, 0.25) is 0 Å². The van der Waals surface area contributed by atoms with Gasteiger partial charge in [-0.2, -0.15) is 0 Å². The summed E-state index contributed by atoms with van der Waals surface area (Å²) in [7, 11) is 0. The van der Waals surface area contributed by atoms with Crippen molar-refractivity contribution in [1.82, 2.24) is 9.80 Å². The number of furan rings is 1. The Hall–Kier alpha value is -3.38. The number of amides is 2. The molecule has 2 aromatic carbocycles. The molecule has 4 rings (SSSR count). The number of nitrogens with zero attached hydrogens (tertiary/aromatic N) is 2. The summed E-state index contributed by atoms with van der Waals surface area (Å²) in [6.07, 6.45) is 2.51. The molecular weight excluding hydrogens is 452 g/mol. The topological polar surface area (TPSA) is 63.0 Å². The summed E-state index contributed by atoms with van der Waals surface area (Å²) in [6, 6.07) is 23.5. The molecule has 0 saturated carbocycles. The lowest BCUT2D eigenvalue weighted by Gasteiger charge is -2.31. The van der Waals surface area contributed by atoms with Crippen molar-refractivity contribution in [2.75, 3.05) is 19.7 Å². The van der Waals surface area contributed by atoms with Crippen LogP contribution in [0.4, 0.5) is 0 Å². The summed E-state index contributed by atoms with van der Waals surface area (Å²) in [5.74, 6) is 1.10. The average Bonchev–Trinajstić information content (AvgIpc) is 3.56. The Morgan fingerprint density at radius 1 is 0.944 bits per heavy atom. The van der Waals surface area contributed by atoms with E-state index in [-0.39, 0.29) is 30.4 Å². The molecule has 6 heteroatoms.